The summed E-state index contributed by atoms with van der Waals surface area (Å²) in [5, 5.41) is 0. The lowest BCUT2D eigenvalue weighted by Gasteiger charge is -2.47. The van der Waals surface area contributed by atoms with E-state index in [1.807, 2.05) is 145 Å². The highest BCUT2D eigenvalue weighted by Gasteiger charge is 2.63. The van der Waals surface area contributed by atoms with Gasteiger partial charge >= 0.3 is 55.6 Å². The Morgan fingerprint density at radius 3 is 0.553 bits per heavy atom. The topological polar surface area (TPSA) is 0 Å². The summed E-state index contributed by atoms with van der Waals surface area (Å²) in [4.78, 5) is 0. The molecule has 0 saturated carbocycles. The van der Waals surface area contributed by atoms with Crippen LogP contribution in [0, 0.1) is 125 Å². The normalized spacial score (nSPS) is 17.3. The van der Waals surface area contributed by atoms with Crippen molar-refractivity contribution in [2.45, 2.75) is 494 Å². The van der Waals surface area contributed by atoms with Gasteiger partial charge in [-0.2, -0.15) is 119 Å². The molecule has 0 aliphatic heterocycles. The van der Waals surface area contributed by atoms with Gasteiger partial charge in [0.05, 0.1) is 48.7 Å². The summed E-state index contributed by atoms with van der Waals surface area (Å²) in [6.07, 6.45) is -27.2. The molecule has 0 spiro atoms. The summed E-state index contributed by atoms with van der Waals surface area (Å²) in [6, 6.07) is 0. The zero-order valence-electron chi connectivity index (χ0n) is 84.8. The molecule has 756 valence electrons. The van der Waals surface area contributed by atoms with Crippen molar-refractivity contribution in [1.82, 2.24) is 0 Å². The molecular weight excluding hydrogens is 1670 g/mol. The van der Waals surface area contributed by atoms with Crippen LogP contribution >= 0.6 is 0 Å². The lowest BCUT2D eigenvalue weighted by molar-refractivity contribution is -0.261. The van der Waals surface area contributed by atoms with Crippen LogP contribution in [0.4, 0.5) is 119 Å². The Labute approximate surface area is 734 Å². The van der Waals surface area contributed by atoms with Crippen LogP contribution in [0.1, 0.15) is 438 Å². The summed E-state index contributed by atoms with van der Waals surface area (Å²) in [5.41, 5.74) is -15.1. The molecular formula is C96H183F27. The van der Waals surface area contributed by atoms with Crippen molar-refractivity contribution in [3.8, 4) is 0 Å². The summed E-state index contributed by atoms with van der Waals surface area (Å²) in [7, 11) is 0. The second-order valence-electron chi connectivity index (χ2n) is 39.9. The van der Waals surface area contributed by atoms with Gasteiger partial charge in [-0.25, -0.2) is 0 Å². The molecule has 0 radical (unpaired) electrons. The van der Waals surface area contributed by atoms with E-state index < -0.39 is 115 Å². The number of hydrogen-bond donors (Lipinski definition) is 0. The van der Waals surface area contributed by atoms with Crippen molar-refractivity contribution in [3.05, 3.63) is 0 Å². The van der Waals surface area contributed by atoms with E-state index in [0.29, 0.717) is 83.5 Å². The molecule has 0 saturated heterocycles. The number of rotatable bonds is 36. The standard InChI is InChI=1S/C13H25F3.2C12H23F3.2C11H21F3.2C10H19F3.C9H17F3.C8H15F3/c1-7-8-12(6,13(14,15)16)11(9(2)3)10(4)5;1-7-11(6,12(13,14)15)10(8(2)3)9(4)5;1-6-9-11(5,12(13,14)15)10(4,7-2)8-3;1-6-9(4,7-2)10(5,8-3)11(12,13)14;1-5-8-10(4,11(12,13)14)9(6-2)7-3;1-5-6-9(4,7-8(2)3)10(11,12)13;1-5-8(6-2)9(4,7-3)10(11,12)13;1-6(2)8(5,7(3)4)9(10,11)12;1-4-6-7(3,5-2)8(9,10)11/h9-11H,7-8H2,1-6H3;8-10H,7H2,1-6H3;6-9H2,1-5H3;6-8H2,1-5H3;9H,5-8H2,1-4H3;2*8H,5-7H2,1-4H3;6-7H,1-5H3;4-6H2,1-3H3/t12-;2*11-;2*10-;2*9-;;7-/m0000000.0/s1. The summed E-state index contributed by atoms with van der Waals surface area (Å²) in [5.74, 6) is -1.58. The average molecular weight is 1850 g/mol. The van der Waals surface area contributed by atoms with Crippen LogP contribution in [-0.2, 0) is 0 Å². The Bertz CT molecular complexity index is 2570. The quantitative estimate of drug-likeness (QED) is 0.0549. The van der Waals surface area contributed by atoms with E-state index in [2.05, 4.69) is 0 Å². The molecule has 8 atom stereocenters. The molecule has 0 N–H and O–H groups in total. The van der Waals surface area contributed by atoms with E-state index in [9.17, 15) is 119 Å². The van der Waals surface area contributed by atoms with E-state index in [0.717, 1.165) is 0 Å². The van der Waals surface area contributed by atoms with E-state index in [4.69, 9.17) is 0 Å². The van der Waals surface area contributed by atoms with E-state index in [-0.39, 0.29) is 129 Å². The van der Waals surface area contributed by atoms with E-state index in [1.54, 1.807) is 83.1 Å². The van der Waals surface area contributed by atoms with Gasteiger partial charge in [-0.1, -0.05) is 349 Å². The lowest BCUT2D eigenvalue weighted by atomic mass is 9.60. The van der Waals surface area contributed by atoms with Gasteiger partial charge in [0.25, 0.3) is 0 Å². The highest BCUT2D eigenvalue weighted by Crippen LogP contribution is 2.60. The number of halogens is 27. The van der Waals surface area contributed by atoms with Crippen molar-refractivity contribution in [2.24, 2.45) is 125 Å². The lowest BCUT2D eigenvalue weighted by Crippen LogP contribution is -2.48. The first-order valence-corrected chi connectivity index (χ1v) is 46.0. The molecule has 0 aliphatic carbocycles. The van der Waals surface area contributed by atoms with Gasteiger partial charge in [0.1, 0.15) is 0 Å². The van der Waals surface area contributed by atoms with Gasteiger partial charge < -0.3 is 0 Å². The predicted molar refractivity (Wildman–Crippen MR) is 464 cm³/mol. The molecule has 0 bridgehead atoms. The zero-order valence-corrected chi connectivity index (χ0v) is 84.8. The van der Waals surface area contributed by atoms with Crippen molar-refractivity contribution in [1.29, 1.82) is 0 Å². The fourth-order valence-electron chi connectivity index (χ4n) is 18.8. The summed E-state index contributed by atoms with van der Waals surface area (Å²) in [6.45, 7) is 71.0. The molecule has 0 amide bonds. The molecule has 0 heterocycles. The maximum Gasteiger partial charge on any atom is 0.394 e. The average Bonchev–Trinajstić information content (AvgIpc) is 0.763. The second-order valence-corrected chi connectivity index (χ2v) is 39.9. The zero-order chi connectivity index (χ0) is 102. The summed E-state index contributed by atoms with van der Waals surface area (Å²) < 4.78 is 347. The van der Waals surface area contributed by atoms with Gasteiger partial charge in [0.15, 0.2) is 0 Å². The fraction of sp³-hybridized carbons (Fsp3) is 1.00. The van der Waals surface area contributed by atoms with E-state index in [1.165, 1.54) is 62.3 Å². The third-order valence-electron chi connectivity index (χ3n) is 29.8. The van der Waals surface area contributed by atoms with Crippen LogP contribution in [0.3, 0.4) is 0 Å². The van der Waals surface area contributed by atoms with Gasteiger partial charge in [0.2, 0.25) is 0 Å². The number of hydrogen-bond acceptors (Lipinski definition) is 0. The predicted octanol–water partition coefficient (Wildman–Crippen LogP) is 41.4. The van der Waals surface area contributed by atoms with Crippen LogP contribution in [-0.4, -0.2) is 55.6 Å². The van der Waals surface area contributed by atoms with Crippen molar-refractivity contribution in [3.63, 3.8) is 0 Å². The molecule has 0 aromatic carbocycles. The largest absolute Gasteiger partial charge is 0.394 e. The molecule has 27 heteroatoms. The van der Waals surface area contributed by atoms with Gasteiger partial charge in [-0.15, -0.1) is 0 Å². The number of alkyl halides is 27. The van der Waals surface area contributed by atoms with Crippen LogP contribution in [0.5, 0.6) is 0 Å². The molecule has 0 nitrogen and oxygen atoms in total. The smallest absolute Gasteiger partial charge is 0.171 e. The first-order chi connectivity index (χ1) is 54.4. The Kier molecular flexibility index (Phi) is 63.5. The molecule has 0 aromatic heterocycles. The van der Waals surface area contributed by atoms with Crippen molar-refractivity contribution in [2.75, 3.05) is 0 Å². The minimum absolute atomic E-state index is 0.0524. The fourth-order valence-corrected chi connectivity index (χ4v) is 18.8. The third-order valence-corrected chi connectivity index (χ3v) is 29.8. The Morgan fingerprint density at radius 1 is 0.195 bits per heavy atom. The van der Waals surface area contributed by atoms with Crippen LogP contribution in [0.2, 0.25) is 0 Å². The minimum Gasteiger partial charge on any atom is -0.171 e. The first kappa shape index (κ1) is 139. The van der Waals surface area contributed by atoms with Gasteiger partial charge in [0, 0.05) is 0 Å². The Hall–Kier alpha value is -1.89. The van der Waals surface area contributed by atoms with E-state index >= 15 is 0 Å². The molecule has 0 unspecified atom stereocenters. The third kappa shape index (κ3) is 39.4. The maximum absolute atomic E-state index is 13.3. The SMILES string of the molecule is CC(C)C(C)(C(C)C)C(F)(F)F.CCC(C)(CC)[C@](C)(CC)C(F)(F)F.CCC(CC)[C@](C)(CC)C(F)(F)F.CCC[C@@](C)(C(C(C)C)C(C)C)C(F)(F)F.CCC[C@@](C)(C(CC)CC)C(F)(F)F.CCC[C@@](C)(CC(C)C)C(F)(F)F.CCC[C@](C)(C(F)(F)F)C(C)(CC)CC.CCC[C@](C)(CC)C(F)(F)F.CC[C@@](C)(C(C(C)C)C(C)C)C(F)(F)F. The molecule has 0 rings (SSSR count). The Balaban J connectivity index is -0.000000170. The highest BCUT2D eigenvalue weighted by atomic mass is 19.4. The van der Waals surface area contributed by atoms with Crippen molar-refractivity contribution >= 4 is 0 Å². The molecule has 0 fully saturated rings. The van der Waals surface area contributed by atoms with Crippen LogP contribution in [0.25, 0.3) is 0 Å². The van der Waals surface area contributed by atoms with Crippen LogP contribution < -0.4 is 0 Å². The monoisotopic (exact) mass is 1850 g/mol. The highest BCUT2D eigenvalue weighted by molar-refractivity contribution is 4.99. The second kappa shape index (κ2) is 56.2. The molecule has 123 heavy (non-hydrogen) atoms. The summed E-state index contributed by atoms with van der Waals surface area (Å²) >= 11 is 0. The minimum atomic E-state index is -4.11. The van der Waals surface area contributed by atoms with Gasteiger partial charge in [-0.05, 0) is 166 Å². The Morgan fingerprint density at radius 2 is 0.423 bits per heavy atom. The maximum atomic E-state index is 13.3. The van der Waals surface area contributed by atoms with Crippen molar-refractivity contribution < 1.29 is 119 Å². The van der Waals surface area contributed by atoms with Crippen LogP contribution in [0.15, 0.2) is 0 Å². The molecule has 0 aromatic rings. The van der Waals surface area contributed by atoms with Gasteiger partial charge in [-0.3, -0.25) is 0 Å². The first-order valence-electron chi connectivity index (χ1n) is 46.0. The molecule has 0 aliphatic rings.